The van der Waals surface area contributed by atoms with Crippen LogP contribution in [-0.4, -0.2) is 70.5 Å². The number of carbonyl (C=O) groups excluding carboxylic acids is 3. The number of rotatable bonds is 11. The lowest BCUT2D eigenvalue weighted by Gasteiger charge is -2.52. The van der Waals surface area contributed by atoms with Gasteiger partial charge >= 0.3 is 6.09 Å². The predicted molar refractivity (Wildman–Crippen MR) is 143 cm³/mol. The van der Waals surface area contributed by atoms with E-state index in [1.807, 2.05) is 42.2 Å². The van der Waals surface area contributed by atoms with Gasteiger partial charge < -0.3 is 25.2 Å². The summed E-state index contributed by atoms with van der Waals surface area (Å²) in [6, 6.07) is 9.00. The minimum absolute atomic E-state index is 0.0104. The van der Waals surface area contributed by atoms with E-state index >= 15 is 0 Å². The van der Waals surface area contributed by atoms with Crippen LogP contribution in [0, 0.1) is 0 Å². The molecule has 0 aromatic heterocycles. The first-order chi connectivity index (χ1) is 17.4. The monoisotopic (exact) mass is 516 g/mol. The third-order valence-electron chi connectivity index (χ3n) is 7.06. The van der Waals surface area contributed by atoms with Crippen molar-refractivity contribution >= 4 is 35.1 Å². The number of alkyl carbamates (subject to hydrolysis) is 1. The van der Waals surface area contributed by atoms with Crippen molar-refractivity contribution in [1.82, 2.24) is 20.4 Å². The molecule has 1 spiro atoms. The number of hydrogen-bond donors (Lipinski definition) is 2. The van der Waals surface area contributed by atoms with Crippen LogP contribution in [0.5, 0.6) is 0 Å². The lowest BCUT2D eigenvalue weighted by atomic mass is 9.81. The third kappa shape index (κ3) is 6.96. The summed E-state index contributed by atoms with van der Waals surface area (Å²) in [7, 11) is 0. The zero-order valence-electron chi connectivity index (χ0n) is 21.6. The van der Waals surface area contributed by atoms with Gasteiger partial charge in [-0.15, -0.1) is 0 Å². The molecule has 3 rings (SSSR count). The van der Waals surface area contributed by atoms with Gasteiger partial charge in [-0.05, 0) is 56.9 Å². The number of nitrogens with zero attached hydrogens (tertiary/aromatic N) is 2. The van der Waals surface area contributed by atoms with E-state index in [0.29, 0.717) is 58.3 Å². The average Bonchev–Trinajstić information content (AvgIpc) is 2.89. The molecule has 2 fully saturated rings. The fourth-order valence-corrected chi connectivity index (χ4v) is 5.44. The fraction of sp³-hybridized carbons (Fsp3) is 0.630. The van der Waals surface area contributed by atoms with Gasteiger partial charge in [0.2, 0.25) is 11.8 Å². The van der Waals surface area contributed by atoms with E-state index in [1.165, 1.54) is 0 Å². The molecule has 0 unspecified atom stereocenters. The fourth-order valence-electron chi connectivity index (χ4n) is 5.05. The van der Waals surface area contributed by atoms with Crippen LogP contribution in [0.4, 0.5) is 4.79 Å². The summed E-state index contributed by atoms with van der Waals surface area (Å²) < 4.78 is 5.22. The van der Waals surface area contributed by atoms with Crippen LogP contribution in [0.15, 0.2) is 30.3 Å². The zero-order chi connectivity index (χ0) is 26.0. The van der Waals surface area contributed by atoms with Crippen LogP contribution in [0.1, 0.15) is 70.8 Å². The molecule has 0 saturated carbocycles. The molecule has 9 heteroatoms. The van der Waals surface area contributed by atoms with Gasteiger partial charge in [0.05, 0.1) is 4.99 Å². The van der Waals surface area contributed by atoms with Gasteiger partial charge in [0.25, 0.3) is 0 Å². The maximum Gasteiger partial charge on any atom is 0.407 e. The highest BCUT2D eigenvalue weighted by atomic mass is 32.1. The minimum atomic E-state index is -0.772. The van der Waals surface area contributed by atoms with Gasteiger partial charge in [-0.1, -0.05) is 56.4 Å². The Morgan fingerprint density at radius 1 is 1.14 bits per heavy atom. The van der Waals surface area contributed by atoms with Crippen molar-refractivity contribution < 1.29 is 19.1 Å². The van der Waals surface area contributed by atoms with Crippen LogP contribution in [0.3, 0.4) is 0 Å². The van der Waals surface area contributed by atoms with E-state index in [4.69, 9.17) is 17.0 Å². The largest absolute Gasteiger partial charge is 0.445 e. The van der Waals surface area contributed by atoms with Crippen LogP contribution in [0.25, 0.3) is 0 Å². The summed E-state index contributed by atoms with van der Waals surface area (Å²) in [4.78, 5) is 43.7. The third-order valence-corrected chi connectivity index (χ3v) is 7.53. The molecule has 0 radical (unpaired) electrons. The smallest absolute Gasteiger partial charge is 0.407 e. The molecule has 1 atom stereocenters. The van der Waals surface area contributed by atoms with Gasteiger partial charge in [-0.25, -0.2) is 4.79 Å². The molecule has 36 heavy (non-hydrogen) atoms. The zero-order valence-corrected chi connectivity index (χ0v) is 22.4. The molecule has 2 saturated heterocycles. The summed E-state index contributed by atoms with van der Waals surface area (Å²) in [6.45, 7) is 6.83. The minimum Gasteiger partial charge on any atom is -0.445 e. The van der Waals surface area contributed by atoms with Crippen molar-refractivity contribution in [1.29, 1.82) is 0 Å². The number of nitrogens with one attached hydrogen (secondary N) is 2. The highest BCUT2D eigenvalue weighted by molar-refractivity contribution is 7.80. The Hall–Kier alpha value is -2.68. The number of carbonyl (C=O) groups is 3. The van der Waals surface area contributed by atoms with Crippen molar-refractivity contribution in [2.24, 2.45) is 0 Å². The Bertz CT molecular complexity index is 902. The summed E-state index contributed by atoms with van der Waals surface area (Å²) in [5.74, 6) is -0.0273. The van der Waals surface area contributed by atoms with E-state index in [1.54, 1.807) is 0 Å². The molecule has 0 bridgehead atoms. The molecular formula is C27H40N4O4S. The topological polar surface area (TPSA) is 91.0 Å². The van der Waals surface area contributed by atoms with Gasteiger partial charge in [-0.2, -0.15) is 0 Å². The first-order valence-corrected chi connectivity index (χ1v) is 13.7. The lowest BCUT2D eigenvalue weighted by Crippen LogP contribution is -2.73. The number of piperazine rings is 1. The second-order valence-electron chi connectivity index (χ2n) is 9.66. The average molecular weight is 517 g/mol. The van der Waals surface area contributed by atoms with Crippen LogP contribution in [0.2, 0.25) is 0 Å². The second-order valence-corrected chi connectivity index (χ2v) is 10.1. The second kappa shape index (κ2) is 13.6. The SMILES string of the molecule is CCCC(=S)N1CCC2(CC1)C(=O)N[C@@H](CCCCNC(=O)OCc1ccccc1)C(=O)N2CCC. The maximum absolute atomic E-state index is 13.4. The predicted octanol–water partition coefficient (Wildman–Crippen LogP) is 3.78. The molecule has 3 amide bonds. The number of thiocarbonyl (C=S) groups is 1. The van der Waals surface area contributed by atoms with Crippen LogP contribution >= 0.6 is 12.2 Å². The number of unbranched alkanes of at least 4 members (excludes halogenated alkanes) is 1. The van der Waals surface area contributed by atoms with Crippen molar-refractivity contribution in [3.8, 4) is 0 Å². The van der Waals surface area contributed by atoms with E-state index < -0.39 is 17.7 Å². The molecular weight excluding hydrogens is 476 g/mol. The summed E-state index contributed by atoms with van der Waals surface area (Å²) in [6.07, 6.45) is 5.41. The van der Waals surface area contributed by atoms with E-state index in [9.17, 15) is 14.4 Å². The van der Waals surface area contributed by atoms with E-state index in [-0.39, 0.29) is 18.4 Å². The van der Waals surface area contributed by atoms with Crippen LogP contribution in [-0.2, 0) is 20.9 Å². The summed E-state index contributed by atoms with van der Waals surface area (Å²) in [5, 5.41) is 5.78. The first-order valence-electron chi connectivity index (χ1n) is 13.3. The Labute approximate surface area is 220 Å². The quantitative estimate of drug-likeness (QED) is 0.344. The highest BCUT2D eigenvalue weighted by Crippen LogP contribution is 2.34. The lowest BCUT2D eigenvalue weighted by molar-refractivity contribution is -0.160. The molecule has 2 aliphatic heterocycles. The normalized spacial score (nSPS) is 19.2. The standard InChI is InChI=1S/C27H40N4O4S/c1-3-10-23(36)30-18-14-27(15-19-30)25(33)29-22(24(32)31(27)17-4-2)13-8-9-16-28-26(34)35-20-21-11-6-5-7-12-21/h5-7,11-12,22H,3-4,8-10,13-20H2,1-2H3,(H,28,34)(H,29,33)/t22-/m0/s1. The molecule has 1 aromatic rings. The molecule has 0 aliphatic carbocycles. The summed E-state index contributed by atoms with van der Waals surface area (Å²) >= 11 is 5.55. The number of piperidine rings is 1. The van der Waals surface area contributed by atoms with Gasteiger partial charge in [0, 0.05) is 26.2 Å². The molecule has 8 nitrogen and oxygen atoms in total. The Morgan fingerprint density at radius 3 is 2.53 bits per heavy atom. The summed E-state index contributed by atoms with van der Waals surface area (Å²) in [5.41, 5.74) is 0.161. The molecule has 2 N–H and O–H groups in total. The Balaban J connectivity index is 1.45. The number of amides is 3. The van der Waals surface area contributed by atoms with Crippen molar-refractivity contribution in [3.63, 3.8) is 0 Å². The highest BCUT2D eigenvalue weighted by Gasteiger charge is 2.53. The van der Waals surface area contributed by atoms with Crippen LogP contribution < -0.4 is 10.6 Å². The van der Waals surface area contributed by atoms with E-state index in [2.05, 4.69) is 22.5 Å². The van der Waals surface area contributed by atoms with Gasteiger partial charge in [0.1, 0.15) is 18.2 Å². The number of ether oxygens (including phenoxy) is 1. The van der Waals surface area contributed by atoms with E-state index in [0.717, 1.165) is 29.8 Å². The van der Waals surface area contributed by atoms with Gasteiger partial charge in [0.15, 0.2) is 0 Å². The number of hydrogen-bond acceptors (Lipinski definition) is 5. The Kier molecular flexibility index (Phi) is 10.5. The first kappa shape index (κ1) is 27.9. The molecule has 2 heterocycles. The Morgan fingerprint density at radius 2 is 1.86 bits per heavy atom. The molecule has 2 aliphatic rings. The molecule has 198 valence electrons. The van der Waals surface area contributed by atoms with Crippen molar-refractivity contribution in [3.05, 3.63) is 35.9 Å². The molecule has 1 aromatic carbocycles. The number of likely N-dealkylation sites (tertiary alicyclic amines) is 1. The van der Waals surface area contributed by atoms with Gasteiger partial charge in [-0.3, -0.25) is 9.59 Å². The van der Waals surface area contributed by atoms with Crippen molar-refractivity contribution in [2.75, 3.05) is 26.2 Å². The number of benzene rings is 1. The van der Waals surface area contributed by atoms with Crippen molar-refractivity contribution in [2.45, 2.75) is 83.4 Å². The maximum atomic E-state index is 13.4.